The normalized spacial score (nSPS) is 25.8. The van der Waals surface area contributed by atoms with E-state index >= 15 is 0 Å². The summed E-state index contributed by atoms with van der Waals surface area (Å²) in [6.45, 7) is 2.96. The van der Waals surface area contributed by atoms with Gasteiger partial charge in [0, 0.05) is 11.1 Å². The van der Waals surface area contributed by atoms with Crippen molar-refractivity contribution in [3.05, 3.63) is 35.4 Å². The highest BCUT2D eigenvalue weighted by Gasteiger charge is 2.30. The molecule has 15 heavy (non-hydrogen) atoms. The second kappa shape index (κ2) is 3.89. The molecule has 1 atom stereocenters. The molecule has 0 spiro atoms. The van der Waals surface area contributed by atoms with Crippen molar-refractivity contribution in [2.45, 2.75) is 31.7 Å². The summed E-state index contributed by atoms with van der Waals surface area (Å²) in [4.78, 5) is 0. The van der Waals surface area contributed by atoms with Gasteiger partial charge in [0.2, 0.25) is 0 Å². The summed E-state index contributed by atoms with van der Waals surface area (Å²) in [6.07, 6.45) is 2.47. The molecule has 1 nitrogen and oxygen atoms in total. The number of benzene rings is 1. The first-order valence-corrected chi connectivity index (χ1v) is 5.29. The molecule has 0 saturated carbocycles. The van der Waals surface area contributed by atoms with Crippen LogP contribution in [0.15, 0.2) is 18.2 Å². The molecule has 0 bridgehead atoms. The zero-order chi connectivity index (χ0) is 10.9. The lowest BCUT2D eigenvalue weighted by molar-refractivity contribution is 0.395. The van der Waals surface area contributed by atoms with Crippen molar-refractivity contribution in [2.24, 2.45) is 0 Å². The molecular weight excluding hydrogens is 196 g/mol. The van der Waals surface area contributed by atoms with Crippen LogP contribution in [0.1, 0.15) is 25.3 Å². The third-order valence-electron chi connectivity index (χ3n) is 3.09. The van der Waals surface area contributed by atoms with E-state index in [0.717, 1.165) is 19.4 Å². The van der Waals surface area contributed by atoms with Crippen LogP contribution in [0.3, 0.4) is 0 Å². The van der Waals surface area contributed by atoms with Crippen LogP contribution in [0.5, 0.6) is 0 Å². The number of hydrogen-bond donors (Lipinski definition) is 1. The van der Waals surface area contributed by atoms with Crippen molar-refractivity contribution in [1.82, 2.24) is 5.32 Å². The molecule has 1 aromatic rings. The third-order valence-corrected chi connectivity index (χ3v) is 3.09. The van der Waals surface area contributed by atoms with E-state index in [2.05, 4.69) is 5.32 Å². The molecule has 1 aliphatic rings. The molecule has 82 valence electrons. The Bertz CT molecular complexity index is 336. The topological polar surface area (TPSA) is 12.0 Å². The highest BCUT2D eigenvalue weighted by atomic mass is 19.1. The van der Waals surface area contributed by atoms with Crippen LogP contribution >= 0.6 is 0 Å². The van der Waals surface area contributed by atoms with Crippen molar-refractivity contribution in [1.29, 1.82) is 0 Å². The second-order valence-electron chi connectivity index (χ2n) is 4.47. The van der Waals surface area contributed by atoms with Crippen molar-refractivity contribution in [2.75, 3.05) is 6.54 Å². The standard InChI is InChI=1S/C12H15F2N/c1-12(6-3-7-15-12)8-9-10(13)4-2-5-11(9)14/h2,4-5,15H,3,6-8H2,1H3. The van der Waals surface area contributed by atoms with Crippen LogP contribution in [0.4, 0.5) is 8.78 Å². The van der Waals surface area contributed by atoms with Gasteiger partial charge in [-0.05, 0) is 44.9 Å². The molecule has 0 amide bonds. The fourth-order valence-corrected chi connectivity index (χ4v) is 2.20. The molecule has 1 heterocycles. The second-order valence-corrected chi connectivity index (χ2v) is 4.47. The maximum absolute atomic E-state index is 13.4. The largest absolute Gasteiger partial charge is 0.311 e. The number of rotatable bonds is 2. The molecule has 1 fully saturated rings. The van der Waals surface area contributed by atoms with Crippen LogP contribution in [-0.2, 0) is 6.42 Å². The fraction of sp³-hybridized carbons (Fsp3) is 0.500. The zero-order valence-corrected chi connectivity index (χ0v) is 8.82. The number of nitrogens with one attached hydrogen (secondary N) is 1. The predicted molar refractivity (Wildman–Crippen MR) is 55.7 cm³/mol. The van der Waals surface area contributed by atoms with Gasteiger partial charge in [-0.2, -0.15) is 0 Å². The molecule has 0 aliphatic carbocycles. The average Bonchev–Trinajstić information content (AvgIpc) is 2.60. The van der Waals surface area contributed by atoms with E-state index < -0.39 is 11.6 Å². The summed E-state index contributed by atoms with van der Waals surface area (Å²) >= 11 is 0. The number of halogens is 2. The van der Waals surface area contributed by atoms with E-state index in [1.807, 2.05) is 6.92 Å². The van der Waals surface area contributed by atoms with Crippen molar-refractivity contribution >= 4 is 0 Å². The minimum absolute atomic E-state index is 0.150. The monoisotopic (exact) mass is 211 g/mol. The average molecular weight is 211 g/mol. The molecule has 1 aromatic carbocycles. The minimum Gasteiger partial charge on any atom is -0.311 e. The molecule has 2 rings (SSSR count). The maximum Gasteiger partial charge on any atom is 0.129 e. The molecule has 3 heteroatoms. The summed E-state index contributed by atoms with van der Waals surface area (Å²) in [6, 6.07) is 4.03. The van der Waals surface area contributed by atoms with E-state index in [1.54, 1.807) is 0 Å². The lowest BCUT2D eigenvalue weighted by Gasteiger charge is -2.24. The Hall–Kier alpha value is -0.960. The van der Waals surface area contributed by atoms with Gasteiger partial charge < -0.3 is 5.32 Å². The quantitative estimate of drug-likeness (QED) is 0.793. The fourth-order valence-electron chi connectivity index (χ4n) is 2.20. The molecule has 0 aromatic heterocycles. The van der Waals surface area contributed by atoms with Gasteiger partial charge >= 0.3 is 0 Å². The van der Waals surface area contributed by atoms with Crippen LogP contribution in [0, 0.1) is 11.6 Å². The van der Waals surface area contributed by atoms with Crippen molar-refractivity contribution in [3.63, 3.8) is 0 Å². The Morgan fingerprint density at radius 1 is 1.33 bits per heavy atom. The Labute approximate surface area is 88.5 Å². The van der Waals surface area contributed by atoms with Crippen LogP contribution < -0.4 is 5.32 Å². The summed E-state index contributed by atoms with van der Waals surface area (Å²) in [5.74, 6) is -0.880. The first kappa shape index (κ1) is 10.6. The summed E-state index contributed by atoms with van der Waals surface area (Å²) < 4.78 is 26.8. The van der Waals surface area contributed by atoms with E-state index in [4.69, 9.17) is 0 Å². The Morgan fingerprint density at radius 2 is 2.00 bits per heavy atom. The zero-order valence-electron chi connectivity index (χ0n) is 8.82. The SMILES string of the molecule is CC1(Cc2c(F)cccc2F)CCCN1. The highest BCUT2D eigenvalue weighted by Crippen LogP contribution is 2.25. The Balaban J connectivity index is 2.23. The Kier molecular flexibility index (Phi) is 2.74. The highest BCUT2D eigenvalue weighted by molar-refractivity contribution is 5.22. The smallest absolute Gasteiger partial charge is 0.129 e. The third kappa shape index (κ3) is 2.17. The molecule has 0 radical (unpaired) electrons. The lowest BCUT2D eigenvalue weighted by Crippen LogP contribution is -2.38. The van der Waals surface area contributed by atoms with Crippen LogP contribution in [0.2, 0.25) is 0 Å². The molecule has 1 aliphatic heterocycles. The van der Waals surface area contributed by atoms with Gasteiger partial charge in [-0.1, -0.05) is 6.07 Å². The summed E-state index contributed by atoms with van der Waals surface area (Å²) in [7, 11) is 0. The minimum atomic E-state index is -0.440. The molecular formula is C12H15F2N. The van der Waals surface area contributed by atoms with Gasteiger partial charge in [-0.25, -0.2) is 8.78 Å². The van der Waals surface area contributed by atoms with Gasteiger partial charge in [0.05, 0.1) is 0 Å². The first-order valence-electron chi connectivity index (χ1n) is 5.29. The van der Waals surface area contributed by atoms with E-state index in [0.29, 0.717) is 6.42 Å². The van der Waals surface area contributed by atoms with Gasteiger partial charge in [0.15, 0.2) is 0 Å². The van der Waals surface area contributed by atoms with E-state index in [1.165, 1.54) is 18.2 Å². The summed E-state index contributed by atoms with van der Waals surface area (Å²) in [5.41, 5.74) is 0.0534. The molecule has 1 unspecified atom stereocenters. The van der Waals surface area contributed by atoms with E-state index in [9.17, 15) is 8.78 Å². The van der Waals surface area contributed by atoms with Gasteiger partial charge in [-0.3, -0.25) is 0 Å². The molecule has 1 N–H and O–H groups in total. The lowest BCUT2D eigenvalue weighted by atomic mass is 9.91. The predicted octanol–water partition coefficient (Wildman–Crippen LogP) is 2.65. The first-order chi connectivity index (χ1) is 7.11. The Morgan fingerprint density at radius 3 is 2.53 bits per heavy atom. The van der Waals surface area contributed by atoms with Crippen molar-refractivity contribution < 1.29 is 8.78 Å². The van der Waals surface area contributed by atoms with Gasteiger partial charge in [0.25, 0.3) is 0 Å². The van der Waals surface area contributed by atoms with Crippen molar-refractivity contribution in [3.8, 4) is 0 Å². The van der Waals surface area contributed by atoms with E-state index in [-0.39, 0.29) is 11.1 Å². The number of hydrogen-bond acceptors (Lipinski definition) is 1. The van der Waals surface area contributed by atoms with Gasteiger partial charge in [0.1, 0.15) is 11.6 Å². The maximum atomic E-state index is 13.4. The molecule has 1 saturated heterocycles. The summed E-state index contributed by atoms with van der Waals surface area (Å²) in [5, 5.41) is 3.30. The van der Waals surface area contributed by atoms with Crippen LogP contribution in [0.25, 0.3) is 0 Å². The van der Waals surface area contributed by atoms with Crippen LogP contribution in [-0.4, -0.2) is 12.1 Å². The van der Waals surface area contributed by atoms with Gasteiger partial charge in [-0.15, -0.1) is 0 Å².